The van der Waals surface area contributed by atoms with Crippen LogP contribution in [-0.2, 0) is 9.63 Å². The molecule has 21 heavy (non-hydrogen) atoms. The van der Waals surface area contributed by atoms with E-state index in [0.717, 1.165) is 6.07 Å². The summed E-state index contributed by atoms with van der Waals surface area (Å²) in [7, 11) is 0. The van der Waals surface area contributed by atoms with Gasteiger partial charge in [-0.2, -0.15) is 0 Å². The van der Waals surface area contributed by atoms with Crippen LogP contribution >= 0.6 is 0 Å². The molecule has 1 aliphatic carbocycles. The summed E-state index contributed by atoms with van der Waals surface area (Å²) >= 11 is 0. The van der Waals surface area contributed by atoms with Crippen LogP contribution in [0.2, 0.25) is 0 Å². The Hall–Kier alpha value is -2.76. The van der Waals surface area contributed by atoms with Gasteiger partial charge in [-0.3, -0.25) is 9.59 Å². The Morgan fingerprint density at radius 2 is 2.14 bits per heavy atom. The van der Waals surface area contributed by atoms with Crippen LogP contribution in [0.1, 0.15) is 10.4 Å². The van der Waals surface area contributed by atoms with E-state index in [-0.39, 0.29) is 28.5 Å². The zero-order chi connectivity index (χ0) is 14.6. The molecule has 6 heteroatoms. The lowest BCUT2D eigenvalue weighted by molar-refractivity contribution is -0.113. The Labute approximate surface area is 118 Å². The SMILES string of the molecule is O=C1C=CC2C=NOC2/C1=C1/Nc2ccc(F)cc2C1=O. The van der Waals surface area contributed by atoms with Crippen molar-refractivity contribution in [3.8, 4) is 0 Å². The Bertz CT molecular complexity index is 779. The van der Waals surface area contributed by atoms with Gasteiger partial charge in [0.1, 0.15) is 5.82 Å². The molecular weight excluding hydrogens is 275 g/mol. The van der Waals surface area contributed by atoms with Crippen molar-refractivity contribution in [3.63, 3.8) is 0 Å². The Morgan fingerprint density at radius 1 is 1.29 bits per heavy atom. The zero-order valence-electron chi connectivity index (χ0n) is 10.7. The summed E-state index contributed by atoms with van der Waals surface area (Å²) in [6.07, 6.45) is 4.08. The fraction of sp³-hybridized carbons (Fsp3) is 0.133. The van der Waals surface area contributed by atoms with Gasteiger partial charge < -0.3 is 10.2 Å². The van der Waals surface area contributed by atoms with Gasteiger partial charge in [0.25, 0.3) is 0 Å². The molecule has 0 saturated carbocycles. The summed E-state index contributed by atoms with van der Waals surface area (Å²) in [5.41, 5.74) is 1.09. The summed E-state index contributed by atoms with van der Waals surface area (Å²) in [6, 6.07) is 3.89. The van der Waals surface area contributed by atoms with Gasteiger partial charge >= 0.3 is 0 Å². The molecular formula is C15H9FN2O3. The largest absolute Gasteiger partial charge is 0.387 e. The third kappa shape index (κ3) is 1.65. The van der Waals surface area contributed by atoms with Crippen LogP contribution in [0.15, 0.2) is 46.8 Å². The van der Waals surface area contributed by atoms with Crippen LogP contribution in [-0.4, -0.2) is 23.9 Å². The summed E-state index contributed by atoms with van der Waals surface area (Å²) in [5.74, 6) is -1.37. The summed E-state index contributed by atoms with van der Waals surface area (Å²) < 4.78 is 13.3. The first-order valence-electron chi connectivity index (χ1n) is 6.42. The van der Waals surface area contributed by atoms with E-state index >= 15 is 0 Å². The Morgan fingerprint density at radius 3 is 3.00 bits per heavy atom. The van der Waals surface area contributed by atoms with Crippen LogP contribution in [0.4, 0.5) is 10.1 Å². The van der Waals surface area contributed by atoms with Crippen molar-refractivity contribution in [2.24, 2.45) is 11.1 Å². The highest BCUT2D eigenvalue weighted by Crippen LogP contribution is 2.35. The molecule has 3 aliphatic rings. The van der Waals surface area contributed by atoms with Gasteiger partial charge in [0.15, 0.2) is 11.9 Å². The predicted octanol–water partition coefficient (Wildman–Crippen LogP) is 1.83. The molecule has 0 saturated heterocycles. The van der Waals surface area contributed by atoms with E-state index in [1.165, 1.54) is 18.2 Å². The summed E-state index contributed by atoms with van der Waals surface area (Å²) in [6.45, 7) is 0. The van der Waals surface area contributed by atoms with E-state index < -0.39 is 17.7 Å². The predicted molar refractivity (Wildman–Crippen MR) is 72.4 cm³/mol. The number of nitrogens with zero attached hydrogens (tertiary/aromatic N) is 1. The standard InChI is InChI=1S/C15H9FN2O3/c16-8-2-3-10-9(5-8)14(20)13(18-10)12-11(19)4-1-7-6-17-21-15(7)12/h1-7,15,18H/b13-12+. The lowest BCUT2D eigenvalue weighted by Gasteiger charge is -2.21. The third-order valence-corrected chi connectivity index (χ3v) is 3.76. The van der Waals surface area contributed by atoms with E-state index in [4.69, 9.17) is 4.84 Å². The van der Waals surface area contributed by atoms with Crippen molar-refractivity contribution < 1.29 is 18.8 Å². The van der Waals surface area contributed by atoms with Crippen LogP contribution < -0.4 is 5.32 Å². The number of ketones is 2. The molecule has 2 heterocycles. The first-order chi connectivity index (χ1) is 10.1. The molecule has 104 valence electrons. The number of halogens is 1. The van der Waals surface area contributed by atoms with E-state index in [9.17, 15) is 14.0 Å². The van der Waals surface area contributed by atoms with E-state index in [1.807, 2.05) is 0 Å². The number of oxime groups is 1. The number of benzene rings is 1. The van der Waals surface area contributed by atoms with Gasteiger partial charge in [-0.15, -0.1) is 0 Å². The van der Waals surface area contributed by atoms with E-state index in [0.29, 0.717) is 5.69 Å². The highest BCUT2D eigenvalue weighted by molar-refractivity contribution is 6.23. The number of allylic oxidation sites excluding steroid dienone is 2. The molecule has 1 N–H and O–H groups in total. The van der Waals surface area contributed by atoms with Crippen molar-refractivity contribution in [1.29, 1.82) is 0 Å². The molecule has 0 amide bonds. The number of nitrogens with one attached hydrogen (secondary N) is 1. The maximum absolute atomic E-state index is 13.3. The number of rotatable bonds is 0. The smallest absolute Gasteiger partial charge is 0.211 e. The molecule has 2 aliphatic heterocycles. The molecule has 1 aromatic rings. The number of Topliss-reactive ketones (excluding diaryl/α,β-unsaturated/α-hetero) is 1. The minimum Gasteiger partial charge on any atom is -0.387 e. The van der Waals surface area contributed by atoms with Gasteiger partial charge in [0, 0.05) is 0 Å². The first-order valence-corrected chi connectivity index (χ1v) is 6.42. The highest BCUT2D eigenvalue weighted by Gasteiger charge is 2.40. The normalized spacial score (nSPS) is 29.2. The average molecular weight is 284 g/mol. The molecule has 0 spiro atoms. The maximum atomic E-state index is 13.3. The topological polar surface area (TPSA) is 67.8 Å². The number of carbonyl (C=O) groups excluding carboxylic acids is 2. The van der Waals surface area contributed by atoms with Crippen LogP contribution in [0, 0.1) is 11.7 Å². The lowest BCUT2D eigenvalue weighted by atomic mass is 9.86. The molecule has 1 aromatic carbocycles. The first kappa shape index (κ1) is 12.0. The monoisotopic (exact) mass is 284 g/mol. The van der Waals surface area contributed by atoms with Gasteiger partial charge in [-0.25, -0.2) is 4.39 Å². The number of hydrogen-bond acceptors (Lipinski definition) is 5. The van der Waals surface area contributed by atoms with Crippen molar-refractivity contribution in [2.45, 2.75) is 6.10 Å². The van der Waals surface area contributed by atoms with Crippen LogP contribution in [0.3, 0.4) is 0 Å². The second-order valence-corrected chi connectivity index (χ2v) is 5.01. The van der Waals surface area contributed by atoms with Crippen molar-refractivity contribution in [3.05, 3.63) is 53.0 Å². The van der Waals surface area contributed by atoms with Crippen molar-refractivity contribution >= 4 is 23.5 Å². The number of anilines is 1. The van der Waals surface area contributed by atoms with Gasteiger partial charge in [-0.1, -0.05) is 11.2 Å². The fourth-order valence-corrected chi connectivity index (χ4v) is 2.74. The molecule has 4 rings (SSSR count). The van der Waals surface area contributed by atoms with E-state index in [1.54, 1.807) is 12.3 Å². The molecule has 0 bridgehead atoms. The average Bonchev–Trinajstić information content (AvgIpc) is 3.05. The van der Waals surface area contributed by atoms with Gasteiger partial charge in [-0.05, 0) is 24.3 Å². The van der Waals surface area contributed by atoms with Crippen LogP contribution in [0.5, 0.6) is 0 Å². The summed E-state index contributed by atoms with van der Waals surface area (Å²) in [5, 5.41) is 6.61. The second-order valence-electron chi connectivity index (χ2n) is 5.01. The minimum absolute atomic E-state index is 0.144. The van der Waals surface area contributed by atoms with E-state index in [2.05, 4.69) is 10.5 Å². The number of carbonyl (C=O) groups is 2. The number of hydrogen-bond donors (Lipinski definition) is 1. The minimum atomic E-state index is -0.604. The highest BCUT2D eigenvalue weighted by atomic mass is 19.1. The van der Waals surface area contributed by atoms with Gasteiger partial charge in [0.05, 0.1) is 34.7 Å². The van der Waals surface area contributed by atoms with Gasteiger partial charge in [0.2, 0.25) is 5.78 Å². The third-order valence-electron chi connectivity index (χ3n) is 3.76. The quantitative estimate of drug-likeness (QED) is 0.738. The number of fused-ring (bicyclic) bond motifs is 2. The second kappa shape index (κ2) is 4.12. The molecule has 0 fully saturated rings. The van der Waals surface area contributed by atoms with Crippen LogP contribution in [0.25, 0.3) is 0 Å². The molecule has 5 nitrogen and oxygen atoms in total. The molecule has 2 unspecified atom stereocenters. The zero-order valence-corrected chi connectivity index (χ0v) is 10.7. The Kier molecular flexibility index (Phi) is 2.35. The lowest BCUT2D eigenvalue weighted by Crippen LogP contribution is -2.31. The van der Waals surface area contributed by atoms with Crippen molar-refractivity contribution in [1.82, 2.24) is 0 Å². The molecule has 0 aromatic heterocycles. The Balaban J connectivity index is 1.85. The molecule has 0 radical (unpaired) electrons. The maximum Gasteiger partial charge on any atom is 0.211 e. The summed E-state index contributed by atoms with van der Waals surface area (Å²) in [4.78, 5) is 29.8. The molecule has 2 atom stereocenters. The fourth-order valence-electron chi connectivity index (χ4n) is 2.74. The van der Waals surface area contributed by atoms with Crippen molar-refractivity contribution in [2.75, 3.05) is 5.32 Å².